The highest BCUT2D eigenvalue weighted by Crippen LogP contribution is 2.22. The molecule has 0 aromatic heterocycles. The van der Waals surface area contributed by atoms with Crippen molar-refractivity contribution in [1.82, 2.24) is 0 Å². The number of fused-ring (bicyclic) bond motifs is 1. The van der Waals surface area contributed by atoms with E-state index >= 15 is 0 Å². The molecule has 0 bridgehead atoms. The van der Waals surface area contributed by atoms with Gasteiger partial charge in [0.15, 0.2) is 6.04 Å². The Hall–Kier alpha value is -1.87. The minimum absolute atomic E-state index is 0.00159. The fourth-order valence-corrected chi connectivity index (χ4v) is 3.48. The Balaban J connectivity index is 1.75. The van der Waals surface area contributed by atoms with Gasteiger partial charge in [0.1, 0.15) is 0 Å². The molecular weight excluding hydrogens is 272 g/mol. The van der Waals surface area contributed by atoms with Crippen molar-refractivity contribution in [1.29, 1.82) is 0 Å². The van der Waals surface area contributed by atoms with Crippen molar-refractivity contribution in [3.63, 3.8) is 0 Å². The van der Waals surface area contributed by atoms with Crippen LogP contribution >= 0.6 is 0 Å². The zero-order valence-electron chi connectivity index (χ0n) is 13.4. The number of likely N-dealkylation sites (tertiary alicyclic amines) is 1. The molecule has 3 rings (SSSR count). The second kappa shape index (κ2) is 6.49. The summed E-state index contributed by atoms with van der Waals surface area (Å²) in [4.78, 5) is 14.0. The maximum absolute atomic E-state index is 12.6. The van der Waals surface area contributed by atoms with Crippen LogP contribution in [0.5, 0.6) is 0 Å². The van der Waals surface area contributed by atoms with Gasteiger partial charge in [0, 0.05) is 17.0 Å². The maximum atomic E-state index is 12.6. The van der Waals surface area contributed by atoms with Gasteiger partial charge in [-0.3, -0.25) is 4.79 Å². The zero-order chi connectivity index (χ0) is 15.5. The molecule has 1 heterocycles. The van der Waals surface area contributed by atoms with Crippen molar-refractivity contribution in [3.05, 3.63) is 42.5 Å². The molecule has 2 aromatic carbocycles. The fraction of sp³-hybridized carbons (Fsp3) is 0.421. The average Bonchev–Trinajstić information content (AvgIpc) is 2.54. The van der Waals surface area contributed by atoms with Crippen molar-refractivity contribution < 1.29 is 9.69 Å². The van der Waals surface area contributed by atoms with E-state index in [0.29, 0.717) is 0 Å². The summed E-state index contributed by atoms with van der Waals surface area (Å²) in [6.07, 6.45) is 2.52. The van der Waals surface area contributed by atoms with E-state index in [2.05, 4.69) is 30.4 Å². The Morgan fingerprint density at radius 1 is 1.23 bits per heavy atom. The van der Waals surface area contributed by atoms with Crippen LogP contribution in [0.15, 0.2) is 42.5 Å². The molecule has 0 saturated carbocycles. The van der Waals surface area contributed by atoms with Gasteiger partial charge in [-0.15, -0.1) is 0 Å². The first-order valence-electron chi connectivity index (χ1n) is 8.28. The molecule has 1 amide bonds. The second-order valence-electron chi connectivity index (χ2n) is 6.60. The normalized spacial score (nSPS) is 23.2. The molecule has 3 atom stereocenters. The number of amides is 1. The monoisotopic (exact) mass is 297 g/mol. The zero-order valence-corrected chi connectivity index (χ0v) is 13.4. The summed E-state index contributed by atoms with van der Waals surface area (Å²) < 4.78 is 0. The highest BCUT2D eigenvalue weighted by Gasteiger charge is 2.29. The number of carbonyl (C=O) groups excluding carboxylic acids is 1. The molecule has 0 aliphatic carbocycles. The van der Waals surface area contributed by atoms with E-state index in [1.54, 1.807) is 0 Å². The third-order valence-electron chi connectivity index (χ3n) is 4.86. The number of anilines is 1. The van der Waals surface area contributed by atoms with Gasteiger partial charge in [-0.1, -0.05) is 43.3 Å². The molecule has 1 aliphatic rings. The number of quaternary nitrogens is 1. The van der Waals surface area contributed by atoms with E-state index in [1.165, 1.54) is 17.7 Å². The summed E-state index contributed by atoms with van der Waals surface area (Å²) in [6, 6.07) is 14.2. The van der Waals surface area contributed by atoms with E-state index in [-0.39, 0.29) is 11.9 Å². The number of nitrogens with one attached hydrogen (secondary N) is 2. The molecular formula is C19H25N2O+. The Kier molecular flexibility index (Phi) is 4.44. The van der Waals surface area contributed by atoms with Gasteiger partial charge in [-0.05, 0) is 31.2 Å². The highest BCUT2D eigenvalue weighted by molar-refractivity contribution is 6.03. The van der Waals surface area contributed by atoms with Gasteiger partial charge in [-0.25, -0.2) is 0 Å². The number of benzene rings is 2. The van der Waals surface area contributed by atoms with Crippen molar-refractivity contribution in [2.24, 2.45) is 5.92 Å². The first-order chi connectivity index (χ1) is 10.6. The molecule has 0 radical (unpaired) electrons. The summed E-state index contributed by atoms with van der Waals surface area (Å²) in [5, 5.41) is 5.40. The van der Waals surface area contributed by atoms with E-state index in [0.717, 1.165) is 35.5 Å². The molecule has 0 spiro atoms. The average molecular weight is 297 g/mol. The van der Waals surface area contributed by atoms with Crippen LogP contribution in [-0.4, -0.2) is 25.0 Å². The minimum Gasteiger partial charge on any atom is -0.325 e. The number of rotatable bonds is 3. The summed E-state index contributed by atoms with van der Waals surface area (Å²) in [5.41, 5.74) is 0.916. The van der Waals surface area contributed by atoms with Gasteiger partial charge in [0.2, 0.25) is 0 Å². The lowest BCUT2D eigenvalue weighted by Gasteiger charge is -2.31. The first kappa shape index (κ1) is 15.0. The first-order valence-corrected chi connectivity index (χ1v) is 8.28. The highest BCUT2D eigenvalue weighted by atomic mass is 16.2. The van der Waals surface area contributed by atoms with Crippen LogP contribution in [0.4, 0.5) is 5.69 Å². The van der Waals surface area contributed by atoms with Crippen LogP contribution in [-0.2, 0) is 4.79 Å². The predicted molar refractivity (Wildman–Crippen MR) is 91.1 cm³/mol. The Bertz CT molecular complexity index is 662. The number of carbonyl (C=O) groups is 1. The van der Waals surface area contributed by atoms with Crippen LogP contribution < -0.4 is 10.2 Å². The Morgan fingerprint density at radius 3 is 2.82 bits per heavy atom. The molecule has 1 unspecified atom stereocenters. The van der Waals surface area contributed by atoms with Crippen molar-refractivity contribution in [2.45, 2.75) is 32.7 Å². The largest absolute Gasteiger partial charge is 0.325 e. The molecule has 22 heavy (non-hydrogen) atoms. The van der Waals surface area contributed by atoms with Crippen molar-refractivity contribution >= 4 is 22.4 Å². The van der Waals surface area contributed by atoms with Crippen LogP contribution in [0, 0.1) is 5.92 Å². The Morgan fingerprint density at radius 2 is 2.00 bits per heavy atom. The van der Waals surface area contributed by atoms with Crippen LogP contribution in [0.3, 0.4) is 0 Å². The predicted octanol–water partition coefficient (Wildman–Crippen LogP) is 2.48. The van der Waals surface area contributed by atoms with E-state index < -0.39 is 0 Å². The SMILES string of the molecule is C[C@H]1CCC[NH+]([C@@H](C)C(=O)Nc2cccc3ccccc23)C1. The molecule has 1 aliphatic heterocycles. The molecule has 3 nitrogen and oxygen atoms in total. The number of hydrogen-bond acceptors (Lipinski definition) is 1. The second-order valence-corrected chi connectivity index (χ2v) is 6.60. The Labute approximate surface area is 132 Å². The maximum Gasteiger partial charge on any atom is 0.282 e. The third-order valence-corrected chi connectivity index (χ3v) is 4.86. The van der Waals surface area contributed by atoms with Gasteiger partial charge in [0.05, 0.1) is 13.1 Å². The van der Waals surface area contributed by atoms with Gasteiger partial charge >= 0.3 is 0 Å². The molecule has 2 N–H and O–H groups in total. The third kappa shape index (κ3) is 3.14. The number of hydrogen-bond donors (Lipinski definition) is 2. The smallest absolute Gasteiger partial charge is 0.282 e. The van der Waals surface area contributed by atoms with Crippen LogP contribution in [0.1, 0.15) is 26.7 Å². The molecule has 1 saturated heterocycles. The standard InChI is InChI=1S/C19H24N2O/c1-14-7-6-12-21(13-14)15(2)19(22)20-18-11-5-9-16-8-3-4-10-17(16)18/h3-5,8-11,14-15H,6-7,12-13H2,1-2H3,(H,20,22)/p+1/t14-,15-/m0/s1. The lowest BCUT2D eigenvalue weighted by atomic mass is 9.99. The topological polar surface area (TPSA) is 33.5 Å². The van der Waals surface area contributed by atoms with Gasteiger partial charge < -0.3 is 10.2 Å². The van der Waals surface area contributed by atoms with E-state index in [1.807, 2.05) is 31.2 Å². The van der Waals surface area contributed by atoms with E-state index in [4.69, 9.17) is 0 Å². The molecule has 3 heteroatoms. The van der Waals surface area contributed by atoms with Crippen LogP contribution in [0.2, 0.25) is 0 Å². The van der Waals surface area contributed by atoms with Crippen molar-refractivity contribution in [2.75, 3.05) is 18.4 Å². The van der Waals surface area contributed by atoms with Crippen molar-refractivity contribution in [3.8, 4) is 0 Å². The molecule has 2 aromatic rings. The summed E-state index contributed by atoms with van der Waals surface area (Å²) in [6.45, 7) is 6.54. The minimum atomic E-state index is 0.00159. The van der Waals surface area contributed by atoms with Crippen LogP contribution in [0.25, 0.3) is 10.8 Å². The summed E-state index contributed by atoms with van der Waals surface area (Å²) in [7, 11) is 0. The number of piperidine rings is 1. The lowest BCUT2D eigenvalue weighted by Crippen LogP contribution is -3.17. The lowest BCUT2D eigenvalue weighted by molar-refractivity contribution is -0.922. The van der Waals surface area contributed by atoms with Gasteiger partial charge in [-0.2, -0.15) is 0 Å². The summed E-state index contributed by atoms with van der Waals surface area (Å²) in [5.74, 6) is 0.844. The summed E-state index contributed by atoms with van der Waals surface area (Å²) >= 11 is 0. The quantitative estimate of drug-likeness (QED) is 0.896. The molecule has 116 valence electrons. The van der Waals surface area contributed by atoms with Gasteiger partial charge in [0.25, 0.3) is 5.91 Å². The van der Waals surface area contributed by atoms with E-state index in [9.17, 15) is 4.79 Å². The molecule has 1 fully saturated rings. The fourth-order valence-electron chi connectivity index (χ4n) is 3.48.